The lowest BCUT2D eigenvalue weighted by Gasteiger charge is -2.18. The van der Waals surface area contributed by atoms with Gasteiger partial charge in [0.25, 0.3) is 0 Å². The van der Waals surface area contributed by atoms with Crippen molar-refractivity contribution in [1.82, 2.24) is 5.32 Å². The highest BCUT2D eigenvalue weighted by Crippen LogP contribution is 2.36. The van der Waals surface area contributed by atoms with Crippen LogP contribution in [-0.2, 0) is 39.5 Å². The van der Waals surface area contributed by atoms with E-state index in [0.29, 0.717) is 22.7 Å². The minimum Gasteiger partial charge on any atom is -0.467 e. The number of hydrogen-bond donors (Lipinski definition) is 1. The molecular formula is C20H15Cl2F6NO3. The van der Waals surface area contributed by atoms with Gasteiger partial charge in [-0.2, -0.15) is 26.3 Å². The van der Waals surface area contributed by atoms with Crippen LogP contribution in [0.15, 0.2) is 36.4 Å². The molecule has 2 aromatic carbocycles. The zero-order chi connectivity index (χ0) is 24.3. The average Bonchev–Trinajstić information content (AvgIpc) is 2.67. The molecule has 4 nitrogen and oxygen atoms in total. The van der Waals surface area contributed by atoms with Gasteiger partial charge >= 0.3 is 18.3 Å². The van der Waals surface area contributed by atoms with Crippen LogP contribution in [0.5, 0.6) is 0 Å². The molecule has 0 bridgehead atoms. The van der Waals surface area contributed by atoms with Gasteiger partial charge in [0.05, 0.1) is 24.7 Å². The average molecular weight is 502 g/mol. The second-order valence-corrected chi connectivity index (χ2v) is 7.52. The summed E-state index contributed by atoms with van der Waals surface area (Å²) >= 11 is 11.8. The van der Waals surface area contributed by atoms with Crippen molar-refractivity contribution < 1.29 is 40.7 Å². The molecule has 0 aliphatic rings. The van der Waals surface area contributed by atoms with Crippen LogP contribution in [0.2, 0.25) is 10.0 Å². The van der Waals surface area contributed by atoms with Crippen LogP contribution >= 0.6 is 23.2 Å². The van der Waals surface area contributed by atoms with Gasteiger partial charge in [0, 0.05) is 16.5 Å². The van der Waals surface area contributed by atoms with E-state index in [1.165, 1.54) is 18.2 Å². The zero-order valence-electron chi connectivity index (χ0n) is 16.2. The SMILES string of the molecule is COC(=O)[C@@H](Cc1ccc(Cl)cc1Cl)NC(=O)Cc1cc(C(F)(F)F)cc(C(F)(F)F)c1. The Morgan fingerprint density at radius 3 is 2.00 bits per heavy atom. The Hall–Kier alpha value is -2.46. The highest BCUT2D eigenvalue weighted by Gasteiger charge is 2.37. The largest absolute Gasteiger partial charge is 0.467 e. The van der Waals surface area contributed by atoms with Crippen LogP contribution in [0.1, 0.15) is 22.3 Å². The molecule has 0 fully saturated rings. The maximum absolute atomic E-state index is 13.0. The van der Waals surface area contributed by atoms with Gasteiger partial charge in [0.2, 0.25) is 5.91 Å². The summed E-state index contributed by atoms with van der Waals surface area (Å²) in [6.45, 7) is 0. The lowest BCUT2D eigenvalue weighted by molar-refractivity contribution is -0.145. The number of carbonyl (C=O) groups excluding carboxylic acids is 2. The van der Waals surface area contributed by atoms with E-state index in [9.17, 15) is 35.9 Å². The van der Waals surface area contributed by atoms with Crippen molar-refractivity contribution in [2.24, 2.45) is 0 Å². The third kappa shape index (κ3) is 7.03. The smallest absolute Gasteiger partial charge is 0.416 e. The maximum Gasteiger partial charge on any atom is 0.416 e. The Morgan fingerprint density at radius 1 is 0.969 bits per heavy atom. The molecule has 0 radical (unpaired) electrons. The molecule has 1 amide bonds. The highest BCUT2D eigenvalue weighted by atomic mass is 35.5. The number of hydrogen-bond acceptors (Lipinski definition) is 3. The molecule has 0 aliphatic heterocycles. The summed E-state index contributed by atoms with van der Waals surface area (Å²) in [5.74, 6) is -1.87. The molecule has 2 aromatic rings. The summed E-state index contributed by atoms with van der Waals surface area (Å²) in [6, 6.07) is 3.93. The predicted molar refractivity (Wildman–Crippen MR) is 104 cm³/mol. The number of carbonyl (C=O) groups is 2. The van der Waals surface area contributed by atoms with Gasteiger partial charge in [-0.25, -0.2) is 4.79 Å². The van der Waals surface area contributed by atoms with Crippen molar-refractivity contribution in [3.8, 4) is 0 Å². The lowest BCUT2D eigenvalue weighted by atomic mass is 10.0. The third-order valence-corrected chi connectivity index (χ3v) is 4.86. The maximum atomic E-state index is 13.0. The Bertz CT molecular complexity index is 976. The number of benzene rings is 2. The number of methoxy groups -OCH3 is 1. The number of amides is 1. The molecule has 0 unspecified atom stereocenters. The van der Waals surface area contributed by atoms with Crippen LogP contribution in [0.25, 0.3) is 0 Å². The number of alkyl halides is 6. The van der Waals surface area contributed by atoms with Crippen LogP contribution in [0.3, 0.4) is 0 Å². The standard InChI is InChI=1S/C20H15Cl2F6NO3/c1-32-18(31)16(7-11-2-3-14(21)9-15(11)22)29-17(30)6-10-4-12(19(23,24)25)8-13(5-10)20(26,27)28/h2-5,8-9,16H,6-7H2,1H3,(H,29,30)/t16-/m1/s1. The van der Waals surface area contributed by atoms with Gasteiger partial charge in [-0.15, -0.1) is 0 Å². The molecule has 174 valence electrons. The second-order valence-electron chi connectivity index (χ2n) is 6.67. The molecule has 1 atom stereocenters. The van der Waals surface area contributed by atoms with Gasteiger partial charge in [0.1, 0.15) is 6.04 Å². The highest BCUT2D eigenvalue weighted by molar-refractivity contribution is 6.35. The zero-order valence-corrected chi connectivity index (χ0v) is 17.7. The first-order chi connectivity index (χ1) is 14.7. The molecule has 0 saturated carbocycles. The van der Waals surface area contributed by atoms with Gasteiger partial charge < -0.3 is 10.1 Å². The first kappa shape index (κ1) is 25.8. The first-order valence-corrected chi connectivity index (χ1v) is 9.55. The molecule has 2 rings (SSSR count). The summed E-state index contributed by atoms with van der Waals surface area (Å²) in [4.78, 5) is 24.4. The van der Waals surface area contributed by atoms with E-state index < -0.39 is 53.4 Å². The minimum absolute atomic E-state index is 0.0405. The molecule has 0 saturated heterocycles. The normalized spacial score (nSPS) is 12.9. The molecular weight excluding hydrogens is 487 g/mol. The Balaban J connectivity index is 2.26. The number of ether oxygens (including phenoxy) is 1. The van der Waals surface area contributed by atoms with Crippen molar-refractivity contribution in [3.05, 3.63) is 68.7 Å². The van der Waals surface area contributed by atoms with Crippen LogP contribution in [0, 0.1) is 0 Å². The van der Waals surface area contributed by atoms with Crippen LogP contribution in [0.4, 0.5) is 26.3 Å². The second kappa shape index (κ2) is 9.99. The summed E-state index contributed by atoms with van der Waals surface area (Å²) in [5.41, 5.74) is -3.22. The number of nitrogens with one attached hydrogen (secondary N) is 1. The van der Waals surface area contributed by atoms with Crippen LogP contribution < -0.4 is 5.32 Å². The van der Waals surface area contributed by atoms with E-state index in [1.54, 1.807) is 0 Å². The number of esters is 1. The molecule has 32 heavy (non-hydrogen) atoms. The molecule has 12 heteroatoms. The minimum atomic E-state index is -5.05. The van der Waals surface area contributed by atoms with E-state index >= 15 is 0 Å². The summed E-state index contributed by atoms with van der Waals surface area (Å²) in [5, 5.41) is 2.77. The fourth-order valence-electron chi connectivity index (χ4n) is 2.79. The van der Waals surface area contributed by atoms with E-state index in [0.717, 1.165) is 7.11 Å². The van der Waals surface area contributed by atoms with Gasteiger partial charge in [-0.3, -0.25) is 4.79 Å². The van der Waals surface area contributed by atoms with E-state index in [4.69, 9.17) is 23.2 Å². The van der Waals surface area contributed by atoms with Crippen molar-refractivity contribution in [1.29, 1.82) is 0 Å². The molecule has 0 aromatic heterocycles. The van der Waals surface area contributed by atoms with Crippen molar-refractivity contribution in [3.63, 3.8) is 0 Å². The van der Waals surface area contributed by atoms with E-state index in [2.05, 4.69) is 10.1 Å². The van der Waals surface area contributed by atoms with E-state index in [1.807, 2.05) is 0 Å². The lowest BCUT2D eigenvalue weighted by Crippen LogP contribution is -2.43. The summed E-state index contributed by atoms with van der Waals surface area (Å²) in [7, 11) is 1.05. The predicted octanol–water partition coefficient (Wildman–Crippen LogP) is 5.47. The van der Waals surface area contributed by atoms with Crippen LogP contribution in [-0.4, -0.2) is 25.0 Å². The first-order valence-electron chi connectivity index (χ1n) is 8.80. The summed E-state index contributed by atoms with van der Waals surface area (Å²) < 4.78 is 82.6. The van der Waals surface area contributed by atoms with Gasteiger partial charge in [0.15, 0.2) is 0 Å². The molecule has 0 heterocycles. The number of rotatable bonds is 6. The third-order valence-electron chi connectivity index (χ3n) is 4.27. The van der Waals surface area contributed by atoms with E-state index in [-0.39, 0.29) is 17.5 Å². The molecule has 1 N–H and O–H groups in total. The number of halogens is 8. The Kier molecular flexibility index (Phi) is 8.06. The van der Waals surface area contributed by atoms with Gasteiger partial charge in [-0.1, -0.05) is 29.3 Å². The fourth-order valence-corrected chi connectivity index (χ4v) is 3.28. The Labute approximate surface area is 188 Å². The van der Waals surface area contributed by atoms with Gasteiger partial charge in [-0.05, 0) is 41.5 Å². The molecule has 0 aliphatic carbocycles. The Morgan fingerprint density at radius 2 is 1.53 bits per heavy atom. The van der Waals surface area contributed by atoms with Crippen molar-refractivity contribution in [2.75, 3.05) is 7.11 Å². The monoisotopic (exact) mass is 501 g/mol. The molecule has 0 spiro atoms. The fraction of sp³-hybridized carbons (Fsp3) is 0.300. The summed E-state index contributed by atoms with van der Waals surface area (Å²) in [6.07, 6.45) is -11.1. The quantitative estimate of drug-likeness (QED) is 0.421. The van der Waals surface area contributed by atoms with Crippen molar-refractivity contribution >= 4 is 35.1 Å². The topological polar surface area (TPSA) is 55.4 Å². The van der Waals surface area contributed by atoms with Crippen molar-refractivity contribution in [2.45, 2.75) is 31.2 Å².